The Morgan fingerprint density at radius 1 is 1.20 bits per heavy atom. The summed E-state index contributed by atoms with van der Waals surface area (Å²) in [5.41, 5.74) is 2.23. The van der Waals surface area contributed by atoms with Crippen LogP contribution in [0.4, 0.5) is 5.69 Å². The van der Waals surface area contributed by atoms with Crippen LogP contribution in [0, 0.1) is 5.92 Å². The molecule has 3 rings (SSSR count). The second-order valence-electron chi connectivity index (χ2n) is 6.39. The van der Waals surface area contributed by atoms with Gasteiger partial charge < -0.3 is 15.0 Å². The van der Waals surface area contributed by atoms with E-state index in [1.165, 1.54) is 5.56 Å². The van der Waals surface area contributed by atoms with Crippen molar-refractivity contribution in [1.29, 1.82) is 0 Å². The Balaban J connectivity index is 1.54. The molecule has 0 spiro atoms. The van der Waals surface area contributed by atoms with E-state index in [0.29, 0.717) is 5.02 Å². The van der Waals surface area contributed by atoms with Crippen molar-refractivity contribution < 1.29 is 4.74 Å². The average molecular weight is 375 g/mol. The van der Waals surface area contributed by atoms with E-state index in [0.717, 1.165) is 54.8 Å². The first kappa shape index (κ1) is 18.0. The number of nitrogens with one attached hydrogen (secondary N) is 1. The molecular weight excluding hydrogens is 352 g/mol. The molecule has 1 N–H and O–H groups in total. The summed E-state index contributed by atoms with van der Waals surface area (Å²) < 4.78 is 5.37. The number of thiocarbonyl (C=S) groups is 1. The number of hydrogen-bond donors (Lipinski definition) is 1. The van der Waals surface area contributed by atoms with Gasteiger partial charge in [0, 0.05) is 18.1 Å². The van der Waals surface area contributed by atoms with Crippen molar-refractivity contribution in [3.63, 3.8) is 0 Å². The van der Waals surface area contributed by atoms with Gasteiger partial charge in [-0.15, -0.1) is 0 Å². The molecule has 1 fully saturated rings. The molecule has 1 aliphatic rings. The van der Waals surface area contributed by atoms with Crippen LogP contribution in [0.3, 0.4) is 0 Å². The number of piperidine rings is 1. The molecule has 0 aliphatic carbocycles. The lowest BCUT2D eigenvalue weighted by molar-refractivity contribution is 0.268. The maximum absolute atomic E-state index is 6.09. The maximum Gasteiger partial charge on any atom is 0.173 e. The number of nitrogens with zero attached hydrogens (tertiary/aromatic N) is 1. The van der Waals surface area contributed by atoms with Crippen molar-refractivity contribution in [2.75, 3.05) is 25.5 Å². The first-order chi connectivity index (χ1) is 12.2. The molecule has 25 heavy (non-hydrogen) atoms. The van der Waals surface area contributed by atoms with Crippen molar-refractivity contribution in [3.8, 4) is 5.75 Å². The van der Waals surface area contributed by atoms with Crippen LogP contribution in [0.5, 0.6) is 5.75 Å². The van der Waals surface area contributed by atoms with Gasteiger partial charge in [0.25, 0.3) is 0 Å². The van der Waals surface area contributed by atoms with Crippen LogP contribution in [0.15, 0.2) is 48.5 Å². The smallest absolute Gasteiger partial charge is 0.173 e. The summed E-state index contributed by atoms with van der Waals surface area (Å²) in [5.74, 6) is 1.47. The number of likely N-dealkylation sites (tertiary alicyclic amines) is 1. The van der Waals surface area contributed by atoms with Gasteiger partial charge in [-0.05, 0) is 61.2 Å². The van der Waals surface area contributed by atoms with Gasteiger partial charge in [-0.25, -0.2) is 0 Å². The highest BCUT2D eigenvalue weighted by Crippen LogP contribution is 2.29. The Kier molecular flexibility index (Phi) is 6.16. The lowest BCUT2D eigenvalue weighted by Crippen LogP contribution is -2.41. The molecule has 0 amide bonds. The fraction of sp³-hybridized carbons (Fsp3) is 0.350. The number of halogens is 1. The number of ether oxygens (including phenoxy) is 1. The highest BCUT2D eigenvalue weighted by atomic mass is 35.5. The third kappa shape index (κ3) is 4.86. The molecule has 5 heteroatoms. The number of rotatable bonds is 4. The summed E-state index contributed by atoms with van der Waals surface area (Å²) in [6, 6.07) is 16.2. The fourth-order valence-corrected chi connectivity index (χ4v) is 3.72. The Morgan fingerprint density at radius 3 is 2.60 bits per heavy atom. The van der Waals surface area contributed by atoms with Gasteiger partial charge in [-0.2, -0.15) is 0 Å². The summed E-state index contributed by atoms with van der Waals surface area (Å²) in [5, 5.41) is 4.68. The van der Waals surface area contributed by atoms with Crippen LogP contribution < -0.4 is 10.1 Å². The Labute approximate surface area is 159 Å². The standard InChI is InChI=1S/C20H23ClN2OS/c1-24-19-8-7-17(21)14-18(19)22-20(25)23-11-9-16(10-12-23)13-15-5-3-2-4-6-15/h2-8,14,16H,9-13H2,1H3,(H,22,25). The second-order valence-corrected chi connectivity index (χ2v) is 7.22. The van der Waals surface area contributed by atoms with Gasteiger partial charge in [0.2, 0.25) is 0 Å². The van der Waals surface area contributed by atoms with Gasteiger partial charge in [0.05, 0.1) is 12.8 Å². The number of benzene rings is 2. The van der Waals surface area contributed by atoms with E-state index in [-0.39, 0.29) is 0 Å². The lowest BCUT2D eigenvalue weighted by atomic mass is 9.90. The number of hydrogen-bond acceptors (Lipinski definition) is 2. The van der Waals surface area contributed by atoms with E-state index < -0.39 is 0 Å². The topological polar surface area (TPSA) is 24.5 Å². The van der Waals surface area contributed by atoms with E-state index >= 15 is 0 Å². The molecule has 1 heterocycles. The highest BCUT2D eigenvalue weighted by Gasteiger charge is 2.21. The molecule has 2 aromatic rings. The van der Waals surface area contributed by atoms with Crippen LogP contribution in [-0.4, -0.2) is 30.2 Å². The van der Waals surface area contributed by atoms with Crippen molar-refractivity contribution in [2.24, 2.45) is 5.92 Å². The largest absolute Gasteiger partial charge is 0.495 e. The summed E-state index contributed by atoms with van der Waals surface area (Å²) in [6.07, 6.45) is 3.46. The first-order valence-electron chi connectivity index (χ1n) is 8.59. The molecule has 3 nitrogen and oxygen atoms in total. The van der Waals surface area contributed by atoms with Gasteiger partial charge in [-0.3, -0.25) is 0 Å². The molecule has 0 bridgehead atoms. The van der Waals surface area contributed by atoms with Crippen molar-refractivity contribution in [3.05, 3.63) is 59.1 Å². The zero-order valence-electron chi connectivity index (χ0n) is 14.4. The van der Waals surface area contributed by atoms with E-state index in [2.05, 4.69) is 40.5 Å². The summed E-state index contributed by atoms with van der Waals surface area (Å²) in [6.45, 7) is 1.96. The predicted octanol–water partition coefficient (Wildman–Crippen LogP) is 5.00. The average Bonchev–Trinajstić information content (AvgIpc) is 2.63. The minimum atomic E-state index is 0.660. The molecule has 132 valence electrons. The minimum absolute atomic E-state index is 0.660. The van der Waals surface area contributed by atoms with Crippen LogP contribution >= 0.6 is 23.8 Å². The zero-order valence-corrected chi connectivity index (χ0v) is 15.9. The SMILES string of the molecule is COc1ccc(Cl)cc1NC(=S)N1CCC(Cc2ccccc2)CC1. The molecule has 1 aliphatic heterocycles. The Bertz CT molecular complexity index is 715. The summed E-state index contributed by atoms with van der Waals surface area (Å²) in [7, 11) is 1.65. The maximum atomic E-state index is 6.09. The van der Waals surface area contributed by atoms with Gasteiger partial charge in [-0.1, -0.05) is 41.9 Å². The van der Waals surface area contributed by atoms with Crippen molar-refractivity contribution in [1.82, 2.24) is 4.90 Å². The van der Waals surface area contributed by atoms with E-state index in [1.54, 1.807) is 7.11 Å². The number of anilines is 1. The van der Waals surface area contributed by atoms with E-state index in [4.69, 9.17) is 28.6 Å². The van der Waals surface area contributed by atoms with Gasteiger partial charge >= 0.3 is 0 Å². The first-order valence-corrected chi connectivity index (χ1v) is 9.37. The van der Waals surface area contributed by atoms with Crippen LogP contribution in [0.1, 0.15) is 18.4 Å². The molecule has 1 saturated heterocycles. The summed E-state index contributed by atoms with van der Waals surface area (Å²) >= 11 is 11.7. The fourth-order valence-electron chi connectivity index (χ4n) is 3.26. The Hall–Kier alpha value is -1.78. The molecule has 2 aromatic carbocycles. The second kappa shape index (κ2) is 8.54. The highest BCUT2D eigenvalue weighted by molar-refractivity contribution is 7.80. The quantitative estimate of drug-likeness (QED) is 0.761. The molecule has 0 aromatic heterocycles. The molecular formula is C20H23ClN2OS. The molecule has 0 radical (unpaired) electrons. The van der Waals surface area contributed by atoms with E-state index in [9.17, 15) is 0 Å². The van der Waals surface area contributed by atoms with Gasteiger partial charge in [0.1, 0.15) is 5.75 Å². The van der Waals surface area contributed by atoms with E-state index in [1.807, 2.05) is 18.2 Å². The Morgan fingerprint density at radius 2 is 1.92 bits per heavy atom. The van der Waals surface area contributed by atoms with Crippen LogP contribution in [0.25, 0.3) is 0 Å². The summed E-state index contributed by atoms with van der Waals surface area (Å²) in [4.78, 5) is 2.23. The van der Waals surface area contributed by atoms with Crippen LogP contribution in [0.2, 0.25) is 5.02 Å². The number of methoxy groups -OCH3 is 1. The monoisotopic (exact) mass is 374 g/mol. The zero-order chi connectivity index (χ0) is 17.6. The minimum Gasteiger partial charge on any atom is -0.495 e. The van der Waals surface area contributed by atoms with Crippen molar-refractivity contribution >= 4 is 34.6 Å². The third-order valence-electron chi connectivity index (χ3n) is 4.67. The van der Waals surface area contributed by atoms with Crippen molar-refractivity contribution in [2.45, 2.75) is 19.3 Å². The molecule has 0 atom stereocenters. The lowest BCUT2D eigenvalue weighted by Gasteiger charge is -2.34. The third-order valence-corrected chi connectivity index (χ3v) is 5.27. The molecule has 0 unspecified atom stereocenters. The molecule has 0 saturated carbocycles. The van der Waals surface area contributed by atoms with Gasteiger partial charge in [0.15, 0.2) is 5.11 Å². The predicted molar refractivity (Wildman–Crippen MR) is 109 cm³/mol. The normalized spacial score (nSPS) is 15.0. The van der Waals surface area contributed by atoms with Crippen LogP contribution in [-0.2, 0) is 6.42 Å².